The number of halogens is 1. The van der Waals surface area contributed by atoms with Gasteiger partial charge in [0.05, 0.1) is 0 Å². The molecule has 2 atom stereocenters. The van der Waals surface area contributed by atoms with Gasteiger partial charge in [-0.05, 0) is 43.4 Å². The van der Waals surface area contributed by atoms with Crippen molar-refractivity contribution in [2.24, 2.45) is 5.92 Å². The number of hydrogen-bond acceptors (Lipinski definition) is 2. The van der Waals surface area contributed by atoms with Crippen molar-refractivity contribution in [1.82, 2.24) is 5.32 Å². The van der Waals surface area contributed by atoms with Gasteiger partial charge in [0.2, 0.25) is 0 Å². The molecule has 0 aliphatic rings. The van der Waals surface area contributed by atoms with E-state index in [9.17, 15) is 4.39 Å². The van der Waals surface area contributed by atoms with E-state index in [2.05, 4.69) is 19.2 Å². The third-order valence-corrected chi connectivity index (χ3v) is 3.25. The van der Waals surface area contributed by atoms with Crippen LogP contribution >= 0.6 is 0 Å². The molecule has 1 aromatic rings. The van der Waals surface area contributed by atoms with Crippen molar-refractivity contribution in [2.45, 2.75) is 39.2 Å². The predicted octanol–water partition coefficient (Wildman–Crippen LogP) is 3.41. The number of rotatable bonds is 9. The van der Waals surface area contributed by atoms with Crippen LogP contribution in [-0.4, -0.2) is 26.3 Å². The smallest absolute Gasteiger partial charge is 0.126 e. The molecular formula is C16H26FNO. The zero-order chi connectivity index (χ0) is 14.1. The summed E-state index contributed by atoms with van der Waals surface area (Å²) in [5.74, 6) is 0.372. The molecule has 108 valence electrons. The average Bonchev–Trinajstić information content (AvgIpc) is 2.39. The molecule has 2 nitrogen and oxygen atoms in total. The van der Waals surface area contributed by atoms with Crippen LogP contribution in [0.25, 0.3) is 0 Å². The zero-order valence-electron chi connectivity index (χ0n) is 12.3. The summed E-state index contributed by atoms with van der Waals surface area (Å²) >= 11 is 0. The summed E-state index contributed by atoms with van der Waals surface area (Å²) in [6.07, 6.45) is 2.83. The van der Waals surface area contributed by atoms with Crippen LogP contribution in [0, 0.1) is 11.7 Å². The first-order valence-electron chi connectivity index (χ1n) is 7.13. The van der Waals surface area contributed by atoms with Crippen LogP contribution in [0.1, 0.15) is 32.3 Å². The Kier molecular flexibility index (Phi) is 7.68. The van der Waals surface area contributed by atoms with Gasteiger partial charge >= 0.3 is 0 Å². The van der Waals surface area contributed by atoms with Gasteiger partial charge in [-0.25, -0.2) is 4.39 Å². The van der Waals surface area contributed by atoms with E-state index in [1.54, 1.807) is 13.2 Å². The molecule has 0 saturated carbocycles. The largest absolute Gasteiger partial charge is 0.384 e. The van der Waals surface area contributed by atoms with Crippen molar-refractivity contribution in [3.05, 3.63) is 35.6 Å². The van der Waals surface area contributed by atoms with Crippen LogP contribution in [0.2, 0.25) is 0 Å². The van der Waals surface area contributed by atoms with E-state index in [-0.39, 0.29) is 5.82 Å². The minimum Gasteiger partial charge on any atom is -0.384 e. The van der Waals surface area contributed by atoms with Crippen LogP contribution in [-0.2, 0) is 11.2 Å². The zero-order valence-corrected chi connectivity index (χ0v) is 12.3. The van der Waals surface area contributed by atoms with E-state index in [1.807, 2.05) is 12.1 Å². The van der Waals surface area contributed by atoms with E-state index in [4.69, 9.17) is 4.74 Å². The van der Waals surface area contributed by atoms with Gasteiger partial charge in [0.25, 0.3) is 0 Å². The first-order chi connectivity index (χ1) is 9.17. The molecule has 0 aliphatic carbocycles. The maximum Gasteiger partial charge on any atom is 0.126 e. The average molecular weight is 267 g/mol. The summed E-state index contributed by atoms with van der Waals surface area (Å²) in [5.41, 5.74) is 0.792. The Morgan fingerprint density at radius 1 is 1.32 bits per heavy atom. The molecule has 0 heterocycles. The van der Waals surface area contributed by atoms with Gasteiger partial charge in [0.15, 0.2) is 0 Å². The fourth-order valence-corrected chi connectivity index (χ4v) is 2.35. The van der Waals surface area contributed by atoms with E-state index in [0.29, 0.717) is 12.0 Å². The fourth-order valence-electron chi connectivity index (χ4n) is 2.35. The molecule has 3 heteroatoms. The number of ether oxygens (including phenoxy) is 1. The monoisotopic (exact) mass is 267 g/mol. The predicted molar refractivity (Wildman–Crippen MR) is 77.8 cm³/mol. The summed E-state index contributed by atoms with van der Waals surface area (Å²) in [4.78, 5) is 0. The van der Waals surface area contributed by atoms with Crippen LogP contribution in [0.15, 0.2) is 24.3 Å². The maximum atomic E-state index is 13.7. The topological polar surface area (TPSA) is 21.3 Å². The van der Waals surface area contributed by atoms with E-state index < -0.39 is 0 Å². The minimum atomic E-state index is -0.106. The van der Waals surface area contributed by atoms with Crippen molar-refractivity contribution in [2.75, 3.05) is 20.3 Å². The van der Waals surface area contributed by atoms with Gasteiger partial charge in [-0.2, -0.15) is 0 Å². The lowest BCUT2D eigenvalue weighted by molar-refractivity contribution is 0.149. The van der Waals surface area contributed by atoms with Crippen molar-refractivity contribution < 1.29 is 9.13 Å². The van der Waals surface area contributed by atoms with Crippen molar-refractivity contribution >= 4 is 0 Å². The Bertz CT molecular complexity index is 356. The molecule has 0 saturated heterocycles. The first-order valence-corrected chi connectivity index (χ1v) is 7.13. The van der Waals surface area contributed by atoms with Crippen LogP contribution in [0.4, 0.5) is 4.39 Å². The van der Waals surface area contributed by atoms with E-state index in [1.165, 1.54) is 6.07 Å². The van der Waals surface area contributed by atoms with Gasteiger partial charge < -0.3 is 10.1 Å². The second kappa shape index (κ2) is 9.05. The molecule has 0 spiro atoms. The van der Waals surface area contributed by atoms with Gasteiger partial charge in [-0.3, -0.25) is 0 Å². The number of methoxy groups -OCH3 is 1. The molecule has 0 fully saturated rings. The highest BCUT2D eigenvalue weighted by Crippen LogP contribution is 2.14. The van der Waals surface area contributed by atoms with Gasteiger partial charge in [-0.1, -0.05) is 32.0 Å². The van der Waals surface area contributed by atoms with Gasteiger partial charge in [0, 0.05) is 19.8 Å². The number of hydrogen-bond donors (Lipinski definition) is 1. The first kappa shape index (κ1) is 16.1. The highest BCUT2D eigenvalue weighted by molar-refractivity contribution is 5.18. The standard InChI is InChI=1S/C16H26FNO/c1-4-9-18-15(10-13(2)12-19-3)11-14-7-5-6-8-16(14)17/h5-8,13,15,18H,4,9-12H2,1-3H3. The molecule has 19 heavy (non-hydrogen) atoms. The molecular weight excluding hydrogens is 241 g/mol. The van der Waals surface area contributed by atoms with Crippen molar-refractivity contribution in [3.8, 4) is 0 Å². The minimum absolute atomic E-state index is 0.106. The Labute approximate surface area is 116 Å². The summed E-state index contributed by atoms with van der Waals surface area (Å²) in [5, 5.41) is 3.51. The fraction of sp³-hybridized carbons (Fsp3) is 0.625. The van der Waals surface area contributed by atoms with Gasteiger partial charge in [0.1, 0.15) is 5.82 Å². The molecule has 1 N–H and O–H groups in total. The Hall–Kier alpha value is -0.930. The summed E-state index contributed by atoms with van der Waals surface area (Å²) in [6.45, 7) is 6.04. The van der Waals surface area contributed by atoms with Crippen molar-refractivity contribution in [3.63, 3.8) is 0 Å². The number of nitrogens with one attached hydrogen (secondary N) is 1. The Morgan fingerprint density at radius 2 is 2.05 bits per heavy atom. The lowest BCUT2D eigenvalue weighted by atomic mass is 9.96. The normalized spacial score (nSPS) is 14.3. The Morgan fingerprint density at radius 3 is 2.68 bits per heavy atom. The lowest BCUT2D eigenvalue weighted by Crippen LogP contribution is -2.34. The summed E-state index contributed by atoms with van der Waals surface area (Å²) < 4.78 is 18.9. The molecule has 0 aromatic heterocycles. The summed E-state index contributed by atoms with van der Waals surface area (Å²) in [6, 6.07) is 7.35. The van der Waals surface area contributed by atoms with E-state index in [0.717, 1.165) is 38.0 Å². The Balaban J connectivity index is 2.60. The molecule has 2 unspecified atom stereocenters. The van der Waals surface area contributed by atoms with E-state index >= 15 is 0 Å². The molecule has 0 aliphatic heterocycles. The quantitative estimate of drug-likeness (QED) is 0.740. The van der Waals surface area contributed by atoms with Gasteiger partial charge in [-0.15, -0.1) is 0 Å². The highest BCUT2D eigenvalue weighted by Gasteiger charge is 2.15. The van der Waals surface area contributed by atoms with Crippen LogP contribution in [0.5, 0.6) is 0 Å². The SMILES string of the molecule is CCCNC(Cc1ccccc1F)CC(C)COC. The maximum absolute atomic E-state index is 13.7. The molecule has 1 rings (SSSR count). The molecule has 1 aromatic carbocycles. The van der Waals surface area contributed by atoms with Crippen LogP contribution < -0.4 is 5.32 Å². The van der Waals surface area contributed by atoms with Crippen LogP contribution in [0.3, 0.4) is 0 Å². The lowest BCUT2D eigenvalue weighted by Gasteiger charge is -2.22. The summed E-state index contributed by atoms with van der Waals surface area (Å²) in [7, 11) is 1.72. The second-order valence-electron chi connectivity index (χ2n) is 5.24. The van der Waals surface area contributed by atoms with Crippen molar-refractivity contribution in [1.29, 1.82) is 0 Å². The number of benzene rings is 1. The highest BCUT2D eigenvalue weighted by atomic mass is 19.1. The molecule has 0 amide bonds. The second-order valence-corrected chi connectivity index (χ2v) is 5.24. The third-order valence-electron chi connectivity index (χ3n) is 3.25. The molecule has 0 radical (unpaired) electrons. The third kappa shape index (κ3) is 6.17. The molecule has 0 bridgehead atoms.